The Morgan fingerprint density at radius 2 is 1.61 bits per heavy atom. The molecule has 94 valence electrons. The summed E-state index contributed by atoms with van der Waals surface area (Å²) in [4.78, 5) is 3.99. The van der Waals surface area contributed by atoms with Gasteiger partial charge in [0, 0.05) is 11.8 Å². The molecule has 18 heavy (non-hydrogen) atoms. The van der Waals surface area contributed by atoms with Gasteiger partial charge in [0.15, 0.2) is 0 Å². The van der Waals surface area contributed by atoms with Gasteiger partial charge in [-0.15, -0.1) is 0 Å². The van der Waals surface area contributed by atoms with E-state index in [4.69, 9.17) is 23.2 Å². The molecule has 0 radical (unpaired) electrons. The highest BCUT2D eigenvalue weighted by Gasteiger charge is 2.30. The topological polar surface area (TPSA) is 12.9 Å². The van der Waals surface area contributed by atoms with Crippen LogP contribution in [-0.4, -0.2) is 4.98 Å². The third kappa shape index (κ3) is 2.76. The minimum absolute atomic E-state index is 0.294. The maximum atomic E-state index is 12.4. The lowest BCUT2D eigenvalue weighted by Gasteiger charge is -2.08. The van der Waals surface area contributed by atoms with Gasteiger partial charge >= 0.3 is 6.18 Å². The monoisotopic (exact) mass is 291 g/mol. The Hall–Kier alpha value is -1.26. The second-order valence-corrected chi connectivity index (χ2v) is 4.40. The van der Waals surface area contributed by atoms with E-state index in [1.165, 1.54) is 24.4 Å². The van der Waals surface area contributed by atoms with Gasteiger partial charge in [-0.25, -0.2) is 0 Å². The maximum absolute atomic E-state index is 12.4. The first-order chi connectivity index (χ1) is 8.38. The molecule has 2 aromatic rings. The molecular weight excluding hydrogens is 286 g/mol. The molecule has 0 aliphatic rings. The molecule has 0 atom stereocenters. The largest absolute Gasteiger partial charge is 0.416 e. The summed E-state index contributed by atoms with van der Waals surface area (Å²) in [5.74, 6) is 0. The Morgan fingerprint density at radius 3 is 2.11 bits per heavy atom. The van der Waals surface area contributed by atoms with Gasteiger partial charge in [-0.1, -0.05) is 35.3 Å². The predicted molar refractivity (Wildman–Crippen MR) is 64.7 cm³/mol. The predicted octanol–water partition coefficient (Wildman–Crippen LogP) is 5.07. The highest BCUT2D eigenvalue weighted by Crippen LogP contribution is 2.32. The Morgan fingerprint density at radius 1 is 1.00 bits per heavy atom. The summed E-state index contributed by atoms with van der Waals surface area (Å²) in [5, 5.41) is 0.665. The van der Waals surface area contributed by atoms with Crippen molar-refractivity contribution in [1.82, 2.24) is 4.98 Å². The number of benzene rings is 1. The number of rotatable bonds is 1. The lowest BCUT2D eigenvalue weighted by atomic mass is 10.1. The second-order valence-electron chi connectivity index (χ2n) is 3.56. The van der Waals surface area contributed by atoms with E-state index in [0.717, 1.165) is 12.1 Å². The Labute approximate surface area is 111 Å². The van der Waals surface area contributed by atoms with Crippen molar-refractivity contribution in [3.63, 3.8) is 0 Å². The van der Waals surface area contributed by atoms with Crippen molar-refractivity contribution in [2.45, 2.75) is 6.18 Å². The minimum Gasteiger partial charge on any atom is -0.253 e. The first-order valence-corrected chi connectivity index (χ1v) is 5.62. The molecule has 2 rings (SSSR count). The molecule has 0 aliphatic heterocycles. The van der Waals surface area contributed by atoms with Crippen molar-refractivity contribution in [2.24, 2.45) is 0 Å². The van der Waals surface area contributed by atoms with E-state index in [-0.39, 0.29) is 0 Å². The summed E-state index contributed by atoms with van der Waals surface area (Å²) in [6, 6.07) is 6.11. The van der Waals surface area contributed by atoms with Crippen LogP contribution in [0.15, 0.2) is 36.5 Å². The van der Waals surface area contributed by atoms with Crippen LogP contribution in [0.1, 0.15) is 5.56 Å². The second kappa shape index (κ2) is 4.78. The summed E-state index contributed by atoms with van der Waals surface area (Å²) >= 11 is 11.6. The van der Waals surface area contributed by atoms with Crippen molar-refractivity contribution in [3.8, 4) is 11.3 Å². The first kappa shape index (κ1) is 13.2. The average Bonchev–Trinajstić information content (AvgIpc) is 2.28. The highest BCUT2D eigenvalue weighted by atomic mass is 35.5. The van der Waals surface area contributed by atoms with Gasteiger partial charge in [-0.3, -0.25) is 4.98 Å². The Kier molecular flexibility index (Phi) is 3.50. The fourth-order valence-corrected chi connectivity index (χ4v) is 1.93. The lowest BCUT2D eigenvalue weighted by Crippen LogP contribution is -2.04. The van der Waals surface area contributed by atoms with Gasteiger partial charge < -0.3 is 0 Å². The molecule has 1 nitrogen and oxygen atoms in total. The normalized spacial score (nSPS) is 11.6. The molecule has 0 unspecified atom stereocenters. The molecule has 0 aliphatic carbocycles. The van der Waals surface area contributed by atoms with Gasteiger partial charge in [0.1, 0.15) is 0 Å². The zero-order chi connectivity index (χ0) is 13.3. The van der Waals surface area contributed by atoms with Gasteiger partial charge in [-0.2, -0.15) is 13.2 Å². The van der Waals surface area contributed by atoms with Crippen LogP contribution in [-0.2, 0) is 6.18 Å². The van der Waals surface area contributed by atoms with Gasteiger partial charge in [0.05, 0.1) is 21.3 Å². The molecule has 0 saturated heterocycles. The van der Waals surface area contributed by atoms with E-state index in [0.29, 0.717) is 21.3 Å². The number of alkyl halides is 3. The summed E-state index contributed by atoms with van der Waals surface area (Å²) in [6.45, 7) is 0. The van der Waals surface area contributed by atoms with E-state index in [1.807, 2.05) is 0 Å². The van der Waals surface area contributed by atoms with E-state index in [9.17, 15) is 13.2 Å². The van der Waals surface area contributed by atoms with Crippen LogP contribution in [0.3, 0.4) is 0 Å². The van der Waals surface area contributed by atoms with E-state index < -0.39 is 11.7 Å². The van der Waals surface area contributed by atoms with Crippen molar-refractivity contribution in [3.05, 3.63) is 52.1 Å². The third-order valence-corrected chi connectivity index (χ3v) is 2.79. The fourth-order valence-electron chi connectivity index (χ4n) is 1.44. The third-order valence-electron chi connectivity index (χ3n) is 2.29. The van der Waals surface area contributed by atoms with E-state index >= 15 is 0 Å². The number of nitrogens with zero attached hydrogens (tertiary/aromatic N) is 1. The van der Waals surface area contributed by atoms with Gasteiger partial charge in [-0.05, 0) is 18.2 Å². The molecule has 0 N–H and O–H groups in total. The molecular formula is C12H6Cl2F3N. The molecule has 0 saturated carbocycles. The van der Waals surface area contributed by atoms with Gasteiger partial charge in [0.2, 0.25) is 0 Å². The molecule has 0 fully saturated rings. The number of hydrogen-bond acceptors (Lipinski definition) is 1. The van der Waals surface area contributed by atoms with Crippen molar-refractivity contribution >= 4 is 23.2 Å². The van der Waals surface area contributed by atoms with Crippen molar-refractivity contribution < 1.29 is 13.2 Å². The van der Waals surface area contributed by atoms with Crippen LogP contribution >= 0.6 is 23.2 Å². The molecule has 6 heteroatoms. The first-order valence-electron chi connectivity index (χ1n) is 4.86. The molecule has 0 bridgehead atoms. The molecule has 1 aromatic carbocycles. The Balaban J connectivity index is 2.41. The smallest absolute Gasteiger partial charge is 0.253 e. The molecule has 0 amide bonds. The number of aromatic nitrogens is 1. The quantitative estimate of drug-likeness (QED) is 0.714. The Bertz CT molecular complexity index is 565. The average molecular weight is 292 g/mol. The van der Waals surface area contributed by atoms with Crippen LogP contribution in [0.25, 0.3) is 11.3 Å². The van der Waals surface area contributed by atoms with Crippen LogP contribution in [0.5, 0.6) is 0 Å². The van der Waals surface area contributed by atoms with Crippen LogP contribution in [0.4, 0.5) is 13.2 Å². The number of pyridine rings is 1. The summed E-state index contributed by atoms with van der Waals surface area (Å²) < 4.78 is 37.2. The number of hydrogen-bond donors (Lipinski definition) is 0. The van der Waals surface area contributed by atoms with Gasteiger partial charge in [0.25, 0.3) is 0 Å². The summed E-state index contributed by atoms with van der Waals surface area (Å²) in [5.41, 5.74) is 0.191. The molecule has 1 heterocycles. The lowest BCUT2D eigenvalue weighted by molar-refractivity contribution is -0.137. The zero-order valence-corrected chi connectivity index (χ0v) is 10.3. The van der Waals surface area contributed by atoms with Crippen LogP contribution in [0.2, 0.25) is 10.0 Å². The number of halogens is 5. The van der Waals surface area contributed by atoms with Crippen molar-refractivity contribution in [1.29, 1.82) is 0 Å². The molecule has 0 spiro atoms. The van der Waals surface area contributed by atoms with E-state index in [2.05, 4.69) is 4.98 Å². The van der Waals surface area contributed by atoms with Crippen molar-refractivity contribution in [2.75, 3.05) is 0 Å². The molecule has 1 aromatic heterocycles. The SMILES string of the molecule is FC(F)(F)c1ccc(-c2ncc(Cl)cc2Cl)cc1. The maximum Gasteiger partial charge on any atom is 0.416 e. The zero-order valence-electron chi connectivity index (χ0n) is 8.80. The minimum atomic E-state index is -4.35. The van der Waals surface area contributed by atoms with Crippen LogP contribution in [0, 0.1) is 0 Å². The summed E-state index contributed by atoms with van der Waals surface area (Å²) in [7, 11) is 0. The highest BCUT2D eigenvalue weighted by molar-refractivity contribution is 6.36. The van der Waals surface area contributed by atoms with Crippen LogP contribution < -0.4 is 0 Å². The fraction of sp³-hybridized carbons (Fsp3) is 0.0833. The standard InChI is InChI=1S/C12H6Cl2F3N/c13-9-5-10(14)11(18-6-9)7-1-3-8(4-2-7)12(15,16)17/h1-6H. The van der Waals surface area contributed by atoms with E-state index in [1.54, 1.807) is 0 Å². The summed E-state index contributed by atoms with van der Waals surface area (Å²) in [6.07, 6.45) is -2.96.